The van der Waals surface area contributed by atoms with Crippen LogP contribution in [0.3, 0.4) is 0 Å². The molecule has 0 unspecified atom stereocenters. The van der Waals surface area contributed by atoms with Crippen LogP contribution in [-0.4, -0.2) is 62.3 Å². The van der Waals surface area contributed by atoms with Crippen LogP contribution in [0.1, 0.15) is 0 Å². The molecule has 2 N–H and O–H groups in total. The molecule has 1 rings (SSSR count). The Kier molecular flexibility index (Phi) is 7.03. The summed E-state index contributed by atoms with van der Waals surface area (Å²) in [7, 11) is 3.36. The van der Waals surface area contributed by atoms with Gasteiger partial charge in [0.2, 0.25) is 5.91 Å². The number of amides is 1. The Morgan fingerprint density at radius 3 is 2.43 bits per heavy atom. The number of carboxylic acid groups (broad SMARTS) is 1. The molecule has 7 heteroatoms. The lowest BCUT2D eigenvalue weighted by atomic mass is 10.3. The average Bonchev–Trinajstić information content (AvgIpc) is 2.46. The number of rotatable bonds is 9. The second kappa shape index (κ2) is 8.80. The lowest BCUT2D eigenvalue weighted by Crippen LogP contribution is -2.38. The molecule has 0 aliphatic heterocycles. The maximum absolute atomic E-state index is 11.4. The second-order valence-corrected chi connectivity index (χ2v) is 4.43. The van der Waals surface area contributed by atoms with Crippen LogP contribution in [0.25, 0.3) is 0 Å². The third-order valence-corrected chi connectivity index (χ3v) is 2.65. The fourth-order valence-corrected chi connectivity index (χ4v) is 1.55. The van der Waals surface area contributed by atoms with Crippen molar-refractivity contribution in [2.45, 2.75) is 0 Å². The summed E-state index contributed by atoms with van der Waals surface area (Å²) < 4.78 is 10.6. The SMILES string of the molecule is COc1ccc(OCCN(C)CC(=O)NCC(=O)O)cc1. The van der Waals surface area contributed by atoms with E-state index >= 15 is 0 Å². The molecular weight excluding hydrogens is 276 g/mol. The van der Waals surface area contributed by atoms with Crippen LogP contribution in [-0.2, 0) is 9.59 Å². The fraction of sp³-hybridized carbons (Fsp3) is 0.429. The summed E-state index contributed by atoms with van der Waals surface area (Å²) in [6, 6.07) is 7.22. The monoisotopic (exact) mass is 296 g/mol. The minimum atomic E-state index is -1.06. The van der Waals surface area contributed by atoms with E-state index in [-0.39, 0.29) is 19.0 Å². The normalized spacial score (nSPS) is 10.2. The van der Waals surface area contributed by atoms with Crippen molar-refractivity contribution in [2.24, 2.45) is 0 Å². The average molecular weight is 296 g/mol. The Morgan fingerprint density at radius 2 is 1.86 bits per heavy atom. The summed E-state index contributed by atoms with van der Waals surface area (Å²) in [5.41, 5.74) is 0. The van der Waals surface area contributed by atoms with Gasteiger partial charge in [0, 0.05) is 6.54 Å². The molecule has 0 spiro atoms. The fourth-order valence-electron chi connectivity index (χ4n) is 1.55. The van der Waals surface area contributed by atoms with Crippen molar-refractivity contribution in [3.05, 3.63) is 24.3 Å². The van der Waals surface area contributed by atoms with E-state index in [4.69, 9.17) is 14.6 Å². The van der Waals surface area contributed by atoms with E-state index in [9.17, 15) is 9.59 Å². The number of nitrogens with one attached hydrogen (secondary N) is 1. The molecule has 0 bridgehead atoms. The predicted molar refractivity (Wildman–Crippen MR) is 76.6 cm³/mol. The van der Waals surface area contributed by atoms with Crippen LogP contribution in [0.15, 0.2) is 24.3 Å². The van der Waals surface area contributed by atoms with Gasteiger partial charge >= 0.3 is 5.97 Å². The smallest absolute Gasteiger partial charge is 0.322 e. The zero-order chi connectivity index (χ0) is 15.7. The van der Waals surface area contributed by atoms with E-state index in [2.05, 4.69) is 5.32 Å². The molecule has 0 aliphatic carbocycles. The highest BCUT2D eigenvalue weighted by molar-refractivity contribution is 5.82. The van der Waals surface area contributed by atoms with E-state index in [1.165, 1.54) is 0 Å². The number of nitrogens with zero attached hydrogens (tertiary/aromatic N) is 1. The molecule has 0 saturated heterocycles. The van der Waals surface area contributed by atoms with Gasteiger partial charge in [0.15, 0.2) is 0 Å². The van der Waals surface area contributed by atoms with E-state index < -0.39 is 5.97 Å². The third-order valence-electron chi connectivity index (χ3n) is 2.65. The molecule has 0 heterocycles. The maximum Gasteiger partial charge on any atom is 0.322 e. The molecule has 21 heavy (non-hydrogen) atoms. The molecule has 0 radical (unpaired) electrons. The van der Waals surface area contributed by atoms with Crippen LogP contribution in [0.5, 0.6) is 11.5 Å². The van der Waals surface area contributed by atoms with Gasteiger partial charge < -0.3 is 19.9 Å². The van der Waals surface area contributed by atoms with Crippen molar-refractivity contribution in [3.8, 4) is 11.5 Å². The lowest BCUT2D eigenvalue weighted by molar-refractivity contribution is -0.138. The first-order chi connectivity index (χ1) is 10.0. The van der Waals surface area contributed by atoms with Gasteiger partial charge in [-0.25, -0.2) is 0 Å². The number of hydrogen-bond donors (Lipinski definition) is 2. The highest BCUT2D eigenvalue weighted by Crippen LogP contribution is 2.16. The number of aliphatic carboxylic acids is 1. The number of ether oxygens (including phenoxy) is 2. The second-order valence-electron chi connectivity index (χ2n) is 4.43. The van der Waals surface area contributed by atoms with Gasteiger partial charge in [-0.3, -0.25) is 14.5 Å². The van der Waals surface area contributed by atoms with Crippen LogP contribution in [0.4, 0.5) is 0 Å². The Balaban J connectivity index is 2.21. The van der Waals surface area contributed by atoms with Gasteiger partial charge in [-0.05, 0) is 31.3 Å². The zero-order valence-electron chi connectivity index (χ0n) is 12.2. The molecule has 0 aliphatic rings. The predicted octanol–water partition coefficient (Wildman–Crippen LogP) is 0.207. The number of methoxy groups -OCH3 is 1. The van der Waals surface area contributed by atoms with E-state index in [0.29, 0.717) is 13.2 Å². The summed E-state index contributed by atoms with van der Waals surface area (Å²) in [5.74, 6) is 0.0901. The van der Waals surface area contributed by atoms with E-state index in [1.54, 1.807) is 43.3 Å². The van der Waals surface area contributed by atoms with Gasteiger partial charge in [0.1, 0.15) is 24.7 Å². The van der Waals surface area contributed by atoms with Crippen LogP contribution in [0, 0.1) is 0 Å². The molecule has 0 aromatic heterocycles. The van der Waals surface area contributed by atoms with Gasteiger partial charge in [-0.15, -0.1) is 0 Å². The van der Waals surface area contributed by atoms with Crippen LogP contribution in [0.2, 0.25) is 0 Å². The van der Waals surface area contributed by atoms with Gasteiger partial charge in [0.05, 0.1) is 13.7 Å². The first kappa shape index (κ1) is 16.8. The van der Waals surface area contributed by atoms with Crippen molar-refractivity contribution in [3.63, 3.8) is 0 Å². The molecular formula is C14H20N2O5. The molecule has 0 saturated carbocycles. The van der Waals surface area contributed by atoms with Crippen molar-refractivity contribution in [2.75, 3.05) is 40.4 Å². The maximum atomic E-state index is 11.4. The van der Waals surface area contributed by atoms with Crippen molar-refractivity contribution >= 4 is 11.9 Å². The quantitative estimate of drug-likeness (QED) is 0.677. The Hall–Kier alpha value is -2.28. The first-order valence-electron chi connectivity index (χ1n) is 6.45. The molecule has 116 valence electrons. The minimum Gasteiger partial charge on any atom is -0.497 e. The molecule has 1 aromatic rings. The number of benzene rings is 1. The van der Waals surface area contributed by atoms with Gasteiger partial charge in [-0.2, -0.15) is 0 Å². The lowest BCUT2D eigenvalue weighted by Gasteiger charge is -2.16. The Labute approximate surface area is 123 Å². The van der Waals surface area contributed by atoms with E-state index in [0.717, 1.165) is 11.5 Å². The molecule has 0 fully saturated rings. The standard InChI is InChI=1S/C14H20N2O5/c1-16(10-13(17)15-9-14(18)19)7-8-21-12-5-3-11(20-2)4-6-12/h3-6H,7-10H2,1-2H3,(H,15,17)(H,18,19). The van der Waals surface area contributed by atoms with Crippen molar-refractivity contribution < 1.29 is 24.2 Å². The molecule has 0 atom stereocenters. The number of carbonyl (C=O) groups is 2. The number of carbonyl (C=O) groups excluding carboxylic acids is 1. The first-order valence-corrected chi connectivity index (χ1v) is 6.45. The Bertz CT molecular complexity index is 461. The van der Waals surface area contributed by atoms with Gasteiger partial charge in [-0.1, -0.05) is 0 Å². The summed E-state index contributed by atoms with van der Waals surface area (Å²) in [6.45, 7) is 0.732. The third kappa shape index (κ3) is 7.17. The van der Waals surface area contributed by atoms with Crippen LogP contribution < -0.4 is 14.8 Å². The highest BCUT2D eigenvalue weighted by Gasteiger charge is 2.07. The van der Waals surface area contributed by atoms with Crippen molar-refractivity contribution in [1.29, 1.82) is 0 Å². The summed E-state index contributed by atoms with van der Waals surface area (Å²) in [5, 5.41) is 10.7. The minimum absolute atomic E-state index is 0.124. The van der Waals surface area contributed by atoms with E-state index in [1.807, 2.05) is 0 Å². The molecule has 1 aromatic carbocycles. The number of likely N-dealkylation sites (N-methyl/N-ethyl adjacent to an activating group) is 1. The zero-order valence-corrected chi connectivity index (χ0v) is 12.2. The van der Waals surface area contributed by atoms with Crippen molar-refractivity contribution in [1.82, 2.24) is 10.2 Å². The summed E-state index contributed by atoms with van der Waals surface area (Å²) in [4.78, 5) is 23.4. The molecule has 7 nitrogen and oxygen atoms in total. The summed E-state index contributed by atoms with van der Waals surface area (Å²) >= 11 is 0. The summed E-state index contributed by atoms with van der Waals surface area (Å²) in [6.07, 6.45) is 0. The number of hydrogen-bond acceptors (Lipinski definition) is 5. The van der Waals surface area contributed by atoms with Gasteiger partial charge in [0.25, 0.3) is 0 Å². The highest BCUT2D eigenvalue weighted by atomic mass is 16.5. The topological polar surface area (TPSA) is 88.1 Å². The largest absolute Gasteiger partial charge is 0.497 e. The number of carboxylic acids is 1. The molecule has 1 amide bonds. The van der Waals surface area contributed by atoms with Crippen LogP contribution >= 0.6 is 0 Å². The Morgan fingerprint density at radius 1 is 1.24 bits per heavy atom.